The highest BCUT2D eigenvalue weighted by Gasteiger charge is 2.15. The summed E-state index contributed by atoms with van der Waals surface area (Å²) in [5.74, 6) is -1.00. The zero-order valence-corrected chi connectivity index (χ0v) is 10.1. The lowest BCUT2D eigenvalue weighted by Gasteiger charge is -2.08. The van der Waals surface area contributed by atoms with E-state index in [1.54, 1.807) is 13.0 Å². The molecule has 4 N–H and O–H groups in total. The van der Waals surface area contributed by atoms with Gasteiger partial charge >= 0.3 is 5.97 Å². The quantitative estimate of drug-likeness (QED) is 0.733. The number of aryl methyl sites for hydroxylation is 1. The lowest BCUT2D eigenvalue weighted by molar-refractivity contribution is 0.0698. The number of hydrogen-bond donors (Lipinski definition) is 3. The molecule has 0 spiro atoms. The minimum absolute atomic E-state index is 0.0615. The Balaban J connectivity index is 2.28. The minimum Gasteiger partial charge on any atom is -0.478 e. The Morgan fingerprint density at radius 3 is 2.63 bits per heavy atom. The van der Waals surface area contributed by atoms with Crippen LogP contribution in [0.5, 0.6) is 0 Å². The number of rotatable bonds is 3. The van der Waals surface area contributed by atoms with Crippen LogP contribution in [0.2, 0.25) is 0 Å². The molecule has 2 aromatic rings. The molecule has 1 aromatic heterocycles. The monoisotopic (exact) mass is 260 g/mol. The fourth-order valence-corrected chi connectivity index (χ4v) is 1.60. The van der Waals surface area contributed by atoms with Gasteiger partial charge in [-0.25, -0.2) is 4.79 Å². The van der Waals surface area contributed by atoms with Crippen LogP contribution in [0.25, 0.3) is 0 Å². The van der Waals surface area contributed by atoms with Crippen LogP contribution in [0, 0.1) is 6.92 Å². The van der Waals surface area contributed by atoms with Crippen molar-refractivity contribution in [2.75, 3.05) is 11.1 Å². The molecule has 6 nitrogen and oxygen atoms in total. The first-order valence-electron chi connectivity index (χ1n) is 5.46. The predicted molar refractivity (Wildman–Crippen MR) is 69.2 cm³/mol. The van der Waals surface area contributed by atoms with Crippen molar-refractivity contribution in [3.8, 4) is 0 Å². The summed E-state index contributed by atoms with van der Waals surface area (Å²) >= 11 is 0. The fourth-order valence-electron chi connectivity index (χ4n) is 1.60. The largest absolute Gasteiger partial charge is 0.478 e. The Hall–Kier alpha value is -2.76. The van der Waals surface area contributed by atoms with Crippen LogP contribution in [0.4, 0.5) is 11.4 Å². The lowest BCUT2D eigenvalue weighted by atomic mass is 10.1. The second-order valence-corrected chi connectivity index (χ2v) is 4.01. The van der Waals surface area contributed by atoms with Gasteiger partial charge in [0.25, 0.3) is 5.91 Å². The summed E-state index contributed by atoms with van der Waals surface area (Å²) in [7, 11) is 0. The SMILES string of the molecule is Cc1cc(C(=O)Nc2ccc(N)cc2C(=O)O)co1. The maximum absolute atomic E-state index is 11.9. The number of aromatic carboxylic acids is 1. The number of carboxylic acid groups (broad SMARTS) is 1. The average Bonchev–Trinajstić information content (AvgIpc) is 2.78. The van der Waals surface area contributed by atoms with E-state index in [0.717, 1.165) is 0 Å². The van der Waals surface area contributed by atoms with Gasteiger partial charge in [0.05, 0.1) is 16.8 Å². The molecule has 0 aliphatic carbocycles. The van der Waals surface area contributed by atoms with Crippen LogP contribution >= 0.6 is 0 Å². The molecule has 0 saturated carbocycles. The third kappa shape index (κ3) is 2.74. The molecule has 1 heterocycles. The van der Waals surface area contributed by atoms with Gasteiger partial charge in [0.2, 0.25) is 0 Å². The Morgan fingerprint density at radius 2 is 2.05 bits per heavy atom. The van der Waals surface area contributed by atoms with E-state index < -0.39 is 11.9 Å². The number of nitrogen functional groups attached to an aromatic ring is 1. The maximum Gasteiger partial charge on any atom is 0.337 e. The summed E-state index contributed by atoms with van der Waals surface area (Å²) < 4.78 is 5.02. The molecular weight excluding hydrogens is 248 g/mol. The molecule has 98 valence electrons. The summed E-state index contributed by atoms with van der Waals surface area (Å²) in [5, 5.41) is 11.6. The molecule has 19 heavy (non-hydrogen) atoms. The molecule has 0 unspecified atom stereocenters. The van der Waals surface area contributed by atoms with Crippen LogP contribution in [-0.4, -0.2) is 17.0 Å². The van der Waals surface area contributed by atoms with E-state index >= 15 is 0 Å². The van der Waals surface area contributed by atoms with E-state index in [2.05, 4.69) is 5.32 Å². The number of amides is 1. The van der Waals surface area contributed by atoms with Crippen molar-refractivity contribution < 1.29 is 19.1 Å². The van der Waals surface area contributed by atoms with Gasteiger partial charge in [-0.2, -0.15) is 0 Å². The van der Waals surface area contributed by atoms with E-state index in [-0.39, 0.29) is 11.3 Å². The Bertz CT molecular complexity index is 646. The first kappa shape index (κ1) is 12.7. The van der Waals surface area contributed by atoms with Gasteiger partial charge in [-0.05, 0) is 31.2 Å². The normalized spacial score (nSPS) is 10.2. The average molecular weight is 260 g/mol. The summed E-state index contributed by atoms with van der Waals surface area (Å²) in [4.78, 5) is 23.0. The molecule has 0 saturated heterocycles. The van der Waals surface area contributed by atoms with Crippen LogP contribution in [0.1, 0.15) is 26.5 Å². The Morgan fingerprint density at radius 1 is 1.32 bits per heavy atom. The molecule has 0 aliphatic rings. The van der Waals surface area contributed by atoms with Gasteiger partial charge in [-0.1, -0.05) is 0 Å². The number of carbonyl (C=O) groups is 2. The zero-order chi connectivity index (χ0) is 14.0. The first-order chi connectivity index (χ1) is 8.97. The molecule has 0 atom stereocenters. The summed E-state index contributed by atoms with van der Waals surface area (Å²) in [6, 6.07) is 5.82. The standard InChI is InChI=1S/C13H12N2O4/c1-7-4-8(6-19-7)12(16)15-11-3-2-9(14)5-10(11)13(17)18/h2-6H,14H2,1H3,(H,15,16)(H,17,18). The molecule has 0 fully saturated rings. The second kappa shape index (κ2) is 4.85. The number of anilines is 2. The van der Waals surface area contributed by atoms with Crippen molar-refractivity contribution in [2.24, 2.45) is 0 Å². The first-order valence-corrected chi connectivity index (χ1v) is 5.46. The lowest BCUT2D eigenvalue weighted by Crippen LogP contribution is -2.14. The van der Waals surface area contributed by atoms with Gasteiger partial charge in [0.15, 0.2) is 0 Å². The molecule has 6 heteroatoms. The predicted octanol–water partition coefficient (Wildman–Crippen LogP) is 2.12. The molecule has 1 amide bonds. The van der Waals surface area contributed by atoms with Crippen molar-refractivity contribution in [2.45, 2.75) is 6.92 Å². The van der Waals surface area contributed by atoms with Crippen LogP contribution in [0.3, 0.4) is 0 Å². The molecule has 0 aliphatic heterocycles. The van der Waals surface area contributed by atoms with E-state index in [1.807, 2.05) is 0 Å². The van der Waals surface area contributed by atoms with Crippen molar-refractivity contribution in [1.29, 1.82) is 0 Å². The van der Waals surface area contributed by atoms with E-state index in [0.29, 0.717) is 17.0 Å². The van der Waals surface area contributed by atoms with Gasteiger partial charge in [-0.3, -0.25) is 4.79 Å². The second-order valence-electron chi connectivity index (χ2n) is 4.01. The highest BCUT2D eigenvalue weighted by atomic mass is 16.4. The van der Waals surface area contributed by atoms with Gasteiger partial charge in [0, 0.05) is 5.69 Å². The fraction of sp³-hybridized carbons (Fsp3) is 0.0769. The van der Waals surface area contributed by atoms with Crippen molar-refractivity contribution >= 4 is 23.3 Å². The smallest absolute Gasteiger partial charge is 0.337 e. The van der Waals surface area contributed by atoms with E-state index in [9.17, 15) is 9.59 Å². The zero-order valence-electron chi connectivity index (χ0n) is 10.1. The third-order valence-electron chi connectivity index (χ3n) is 2.51. The molecule has 2 rings (SSSR count). The number of benzene rings is 1. The summed E-state index contributed by atoms with van der Waals surface area (Å²) in [5.41, 5.74) is 6.28. The van der Waals surface area contributed by atoms with Crippen molar-refractivity contribution in [1.82, 2.24) is 0 Å². The Kier molecular flexibility index (Phi) is 3.24. The van der Waals surface area contributed by atoms with E-state index in [1.165, 1.54) is 24.5 Å². The van der Waals surface area contributed by atoms with Crippen LogP contribution in [-0.2, 0) is 0 Å². The van der Waals surface area contributed by atoms with Crippen molar-refractivity contribution in [3.63, 3.8) is 0 Å². The highest BCUT2D eigenvalue weighted by Crippen LogP contribution is 2.20. The maximum atomic E-state index is 11.9. The number of carboxylic acids is 1. The van der Waals surface area contributed by atoms with Gasteiger partial charge in [-0.15, -0.1) is 0 Å². The molecular formula is C13H12N2O4. The number of furan rings is 1. The Labute approximate surface area is 108 Å². The van der Waals surface area contributed by atoms with Crippen LogP contribution in [0.15, 0.2) is 34.9 Å². The summed E-state index contributed by atoms with van der Waals surface area (Å²) in [6.45, 7) is 1.71. The molecule has 0 radical (unpaired) electrons. The molecule has 0 bridgehead atoms. The topological polar surface area (TPSA) is 106 Å². The summed E-state index contributed by atoms with van der Waals surface area (Å²) in [6.07, 6.45) is 1.31. The number of carbonyl (C=O) groups excluding carboxylic acids is 1. The van der Waals surface area contributed by atoms with Crippen LogP contribution < -0.4 is 11.1 Å². The van der Waals surface area contributed by atoms with Crippen molar-refractivity contribution in [3.05, 3.63) is 47.4 Å². The minimum atomic E-state index is -1.16. The highest BCUT2D eigenvalue weighted by molar-refractivity contribution is 6.07. The van der Waals surface area contributed by atoms with E-state index in [4.69, 9.17) is 15.3 Å². The van der Waals surface area contributed by atoms with Gasteiger partial charge in [0.1, 0.15) is 12.0 Å². The number of nitrogens with two attached hydrogens (primary N) is 1. The number of hydrogen-bond acceptors (Lipinski definition) is 4. The van der Waals surface area contributed by atoms with Gasteiger partial charge < -0.3 is 20.6 Å². The third-order valence-corrected chi connectivity index (χ3v) is 2.51. The number of nitrogens with one attached hydrogen (secondary N) is 1. The molecule has 1 aromatic carbocycles.